The van der Waals surface area contributed by atoms with Crippen LogP contribution < -0.4 is 0 Å². The maximum absolute atomic E-state index is 8.25. The van der Waals surface area contributed by atoms with Gasteiger partial charge in [-0.1, -0.05) is 182 Å². The number of rotatable bonds is 36. The van der Waals surface area contributed by atoms with E-state index in [9.17, 15) is 0 Å². The Balaban J connectivity index is 0. The van der Waals surface area contributed by atoms with E-state index in [2.05, 4.69) is 27.7 Å². The molecule has 0 amide bonds. The molecule has 0 saturated heterocycles. The van der Waals surface area contributed by atoms with Crippen molar-refractivity contribution in [3.8, 4) is 0 Å². The highest BCUT2D eigenvalue weighted by atomic mass is 16.9. The summed E-state index contributed by atoms with van der Waals surface area (Å²) in [5, 5.41) is 14.8. The van der Waals surface area contributed by atoms with Crippen LogP contribution >= 0.6 is 0 Å². The summed E-state index contributed by atoms with van der Waals surface area (Å²) < 4.78 is 1.48. The average Bonchev–Trinajstić information content (AvgIpc) is 3.02. The Bertz CT molecular complexity index is 468. The molecule has 45 heavy (non-hydrogen) atoms. The first kappa shape index (κ1) is 46.3. The minimum atomic E-state index is -1.75. The molecule has 0 aliphatic rings. The van der Waals surface area contributed by atoms with Crippen LogP contribution in [-0.4, -0.2) is 35.7 Å². The van der Waals surface area contributed by atoms with Crippen molar-refractivity contribution in [3.05, 3.63) is 15.3 Å². The molecule has 5 heteroatoms. The van der Waals surface area contributed by atoms with Crippen molar-refractivity contribution in [1.29, 1.82) is 0 Å². The van der Waals surface area contributed by atoms with Crippen LogP contribution in [0.2, 0.25) is 0 Å². The van der Waals surface area contributed by atoms with Crippen LogP contribution in [0.5, 0.6) is 0 Å². The predicted molar refractivity (Wildman–Crippen MR) is 201 cm³/mol. The molecule has 5 nitrogen and oxygen atoms in total. The summed E-state index contributed by atoms with van der Waals surface area (Å²) in [5.74, 6) is 0. The fraction of sp³-hybridized carbons (Fsp3) is 1.00. The van der Waals surface area contributed by atoms with Crippen LogP contribution in [0.4, 0.5) is 0 Å². The van der Waals surface area contributed by atoms with Gasteiger partial charge in [0.05, 0.1) is 31.3 Å². The number of unbranched alkanes of at least 4 members (excludes halogenated alkanes) is 28. The first-order valence-corrected chi connectivity index (χ1v) is 20.6. The van der Waals surface area contributed by atoms with Gasteiger partial charge in [-0.2, -0.15) is 0 Å². The molecule has 0 aromatic heterocycles. The maximum Gasteiger partial charge on any atom is 0.0786 e. The largest absolute Gasteiger partial charge is 0.356 e. The van der Waals surface area contributed by atoms with Crippen molar-refractivity contribution in [2.24, 2.45) is 0 Å². The molecule has 0 aliphatic heterocycles. The third-order valence-electron chi connectivity index (χ3n) is 9.94. The van der Waals surface area contributed by atoms with Crippen molar-refractivity contribution in [3.63, 3.8) is 0 Å². The van der Waals surface area contributed by atoms with E-state index < -0.39 is 5.09 Å². The number of nitrogens with zero attached hydrogens (tertiary/aromatic N) is 2. The van der Waals surface area contributed by atoms with E-state index in [0.717, 1.165) is 0 Å². The van der Waals surface area contributed by atoms with E-state index in [1.807, 2.05) is 0 Å². The normalized spacial score (nSPS) is 11.5. The first-order valence-electron chi connectivity index (χ1n) is 20.6. The Morgan fingerprint density at radius 1 is 0.311 bits per heavy atom. The van der Waals surface area contributed by atoms with Crippen LogP contribution in [0.25, 0.3) is 0 Å². The molecule has 0 saturated carbocycles. The summed E-state index contributed by atoms with van der Waals surface area (Å²) in [6.45, 7) is 15.3. The van der Waals surface area contributed by atoms with Gasteiger partial charge in [-0.25, -0.2) is 0 Å². The lowest BCUT2D eigenvalue weighted by atomic mass is 10.0. The SMILES string of the molecule is CCCCCCCCCC[N+](CCCCCCCCCC)(CCCCCCCCCC)CCCCCCCCCC.O=[N+]([O-])[O-]. The molecule has 0 rings (SSSR count). The quantitative estimate of drug-likeness (QED) is 0.0296. The molecule has 0 bridgehead atoms. The molecule has 0 N–H and O–H groups in total. The number of hydrogen-bond donors (Lipinski definition) is 0. The van der Waals surface area contributed by atoms with Crippen LogP contribution in [0.15, 0.2) is 0 Å². The van der Waals surface area contributed by atoms with E-state index in [4.69, 9.17) is 15.3 Å². The highest BCUT2D eigenvalue weighted by Crippen LogP contribution is 2.21. The predicted octanol–water partition coefficient (Wildman–Crippen LogP) is 14.1. The molecule has 0 spiro atoms. The van der Waals surface area contributed by atoms with Crippen LogP contribution in [-0.2, 0) is 0 Å². The smallest absolute Gasteiger partial charge is 0.0786 e. The third-order valence-corrected chi connectivity index (χ3v) is 9.94. The second kappa shape index (κ2) is 39.3. The van der Waals surface area contributed by atoms with Gasteiger partial charge in [0.2, 0.25) is 0 Å². The topological polar surface area (TPSA) is 66.2 Å². The van der Waals surface area contributed by atoms with E-state index in [1.54, 1.807) is 0 Å². The summed E-state index contributed by atoms with van der Waals surface area (Å²) in [6.07, 6.45) is 46.7. The molecule has 0 atom stereocenters. The molecule has 272 valence electrons. The highest BCUT2D eigenvalue weighted by Gasteiger charge is 2.25. The molecule has 0 heterocycles. The minimum Gasteiger partial charge on any atom is -0.356 e. The van der Waals surface area contributed by atoms with Gasteiger partial charge >= 0.3 is 0 Å². The van der Waals surface area contributed by atoms with E-state index in [1.165, 1.54) is 236 Å². The summed E-state index contributed by atoms with van der Waals surface area (Å²) in [4.78, 5) is 8.25. The molecule has 0 aromatic carbocycles. The molecule has 0 aromatic rings. The zero-order valence-electron chi connectivity index (χ0n) is 31.6. The Hall–Kier alpha value is -0.840. The summed E-state index contributed by atoms with van der Waals surface area (Å²) in [7, 11) is 0. The fourth-order valence-electron chi connectivity index (χ4n) is 7.00. The third kappa shape index (κ3) is 39.3. The van der Waals surface area contributed by atoms with Crippen LogP contribution in [0.3, 0.4) is 0 Å². The zero-order valence-corrected chi connectivity index (χ0v) is 31.6. The van der Waals surface area contributed by atoms with Crippen molar-refractivity contribution in [1.82, 2.24) is 0 Å². The molecule has 0 unspecified atom stereocenters. The van der Waals surface area contributed by atoms with Gasteiger partial charge in [0.1, 0.15) is 0 Å². The van der Waals surface area contributed by atoms with E-state index in [0.29, 0.717) is 0 Å². The fourth-order valence-corrected chi connectivity index (χ4v) is 7.00. The van der Waals surface area contributed by atoms with Gasteiger partial charge in [0.15, 0.2) is 0 Å². The summed E-state index contributed by atoms with van der Waals surface area (Å²) in [5.41, 5.74) is 0. The second-order valence-electron chi connectivity index (χ2n) is 14.4. The first-order chi connectivity index (χ1) is 22.0. The minimum absolute atomic E-state index is 1.37. The molecule has 0 radical (unpaired) electrons. The number of quaternary nitrogens is 1. The van der Waals surface area contributed by atoms with Crippen molar-refractivity contribution in [2.45, 2.75) is 233 Å². The summed E-state index contributed by atoms with van der Waals surface area (Å²) in [6, 6.07) is 0. The van der Waals surface area contributed by atoms with Crippen LogP contribution in [0.1, 0.15) is 233 Å². The lowest BCUT2D eigenvalue weighted by molar-refractivity contribution is -0.929. The Morgan fingerprint density at radius 2 is 0.444 bits per heavy atom. The monoisotopic (exact) mass is 641 g/mol. The number of hydrogen-bond acceptors (Lipinski definition) is 3. The Kier molecular flexibility index (Phi) is 40.5. The van der Waals surface area contributed by atoms with Crippen molar-refractivity contribution in [2.75, 3.05) is 26.2 Å². The van der Waals surface area contributed by atoms with Gasteiger partial charge in [-0.3, -0.25) is 0 Å². The average molecular weight is 641 g/mol. The maximum atomic E-state index is 8.25. The molecular formula is C40H84N2O3. The lowest BCUT2D eigenvalue weighted by Gasteiger charge is -2.40. The van der Waals surface area contributed by atoms with E-state index in [-0.39, 0.29) is 0 Å². The molecule has 0 fully saturated rings. The van der Waals surface area contributed by atoms with E-state index >= 15 is 0 Å². The lowest BCUT2D eigenvalue weighted by Crippen LogP contribution is -2.50. The second-order valence-corrected chi connectivity index (χ2v) is 14.4. The van der Waals surface area contributed by atoms with Gasteiger partial charge in [0, 0.05) is 0 Å². The van der Waals surface area contributed by atoms with Gasteiger partial charge in [-0.15, -0.1) is 0 Å². The highest BCUT2D eigenvalue weighted by molar-refractivity contribution is 4.56. The Morgan fingerprint density at radius 3 is 0.600 bits per heavy atom. The van der Waals surface area contributed by atoms with Crippen LogP contribution in [0, 0.1) is 15.3 Å². The van der Waals surface area contributed by atoms with Crippen molar-refractivity contribution >= 4 is 0 Å². The summed E-state index contributed by atoms with van der Waals surface area (Å²) >= 11 is 0. The van der Waals surface area contributed by atoms with Crippen molar-refractivity contribution < 1.29 is 9.57 Å². The van der Waals surface area contributed by atoms with Gasteiger partial charge < -0.3 is 19.8 Å². The van der Waals surface area contributed by atoms with Gasteiger partial charge in [-0.05, 0) is 51.4 Å². The van der Waals surface area contributed by atoms with Gasteiger partial charge in [0.25, 0.3) is 0 Å². The standard InChI is InChI=1S/C40H84N.NO3/c1-5-9-13-17-21-25-29-33-37-41(38-34-30-26-22-18-14-10-6-2,39-35-31-27-23-19-15-11-7-3)40-36-32-28-24-20-16-12-8-4;2-1(3)4/h5-40H2,1-4H3;/q+1;-1. The molecule has 0 aliphatic carbocycles. The molecular weight excluding hydrogens is 556 g/mol. The Labute approximate surface area is 283 Å². The zero-order chi connectivity index (χ0) is 33.5.